The van der Waals surface area contributed by atoms with Crippen molar-refractivity contribution in [2.75, 3.05) is 0 Å². The summed E-state index contributed by atoms with van der Waals surface area (Å²) in [4.78, 5) is 11.4. The average molecular weight is 171 g/mol. The molecule has 0 aromatic rings. The van der Waals surface area contributed by atoms with E-state index in [2.05, 4.69) is 5.32 Å². The summed E-state index contributed by atoms with van der Waals surface area (Å²) in [6, 6.07) is 0. The van der Waals surface area contributed by atoms with E-state index >= 15 is 0 Å². The van der Waals surface area contributed by atoms with Gasteiger partial charge in [0.25, 0.3) is 0 Å². The normalized spacial score (nSPS) is 18.3. The van der Waals surface area contributed by atoms with Gasteiger partial charge in [0.1, 0.15) is 0 Å². The molecule has 2 nitrogen and oxygen atoms in total. The molecule has 0 heterocycles. The lowest BCUT2D eigenvalue weighted by Crippen LogP contribution is -2.31. The molecule has 1 aliphatic carbocycles. The number of carbonyl (C=O) groups is 1. The first kappa shape index (κ1) is 8.65. The van der Waals surface area contributed by atoms with E-state index in [1.165, 1.54) is 19.8 Å². The largest absolute Gasteiger partial charge is 0.321 e. The molecule has 1 saturated carbocycles. The van der Waals surface area contributed by atoms with Crippen molar-refractivity contribution < 1.29 is 4.79 Å². The molecule has 0 radical (unpaired) electrons. The molecule has 0 aromatic carbocycles. The molecule has 1 amide bonds. The smallest absolute Gasteiger partial charge is 0.221 e. The van der Waals surface area contributed by atoms with Crippen LogP contribution in [0.15, 0.2) is 0 Å². The summed E-state index contributed by atoms with van der Waals surface area (Å²) < 4.78 is 0. The Bertz CT molecular complexity index is 173. The van der Waals surface area contributed by atoms with Crippen molar-refractivity contribution in [3.05, 3.63) is 0 Å². The Labute approximate surface area is 72.4 Å². The number of carbonyl (C=O) groups excluding carboxylic acids is 1. The minimum absolute atomic E-state index is 0.0399. The highest BCUT2D eigenvalue weighted by Crippen LogP contribution is 2.25. The van der Waals surface area contributed by atoms with Crippen LogP contribution in [-0.2, 0) is 4.79 Å². The standard InChI is InChI=1S/C8H13NOS/c1-6(10)9-8(11)7-4-2-3-5-7/h7H,2-5H2,1H3,(H,9,10,11). The van der Waals surface area contributed by atoms with Gasteiger partial charge in [-0.3, -0.25) is 4.79 Å². The molecule has 0 atom stereocenters. The zero-order valence-corrected chi connectivity index (χ0v) is 7.54. The molecule has 11 heavy (non-hydrogen) atoms. The Morgan fingerprint density at radius 1 is 1.45 bits per heavy atom. The first-order valence-electron chi connectivity index (χ1n) is 4.01. The number of rotatable bonds is 1. The van der Waals surface area contributed by atoms with Gasteiger partial charge in [0, 0.05) is 12.8 Å². The van der Waals surface area contributed by atoms with Gasteiger partial charge in [-0.1, -0.05) is 25.1 Å². The molecular formula is C8H13NOS. The maximum absolute atomic E-state index is 10.6. The number of hydrogen-bond acceptors (Lipinski definition) is 2. The molecule has 0 aliphatic heterocycles. The van der Waals surface area contributed by atoms with Gasteiger partial charge >= 0.3 is 0 Å². The summed E-state index contributed by atoms with van der Waals surface area (Å²) in [5, 5.41) is 2.68. The maximum atomic E-state index is 10.6. The van der Waals surface area contributed by atoms with Gasteiger partial charge in [-0.25, -0.2) is 0 Å². The predicted octanol–water partition coefficient (Wildman–Crippen LogP) is 1.64. The van der Waals surface area contributed by atoms with Crippen LogP contribution in [0.1, 0.15) is 32.6 Å². The van der Waals surface area contributed by atoms with E-state index in [0.29, 0.717) is 5.92 Å². The maximum Gasteiger partial charge on any atom is 0.221 e. The molecule has 0 bridgehead atoms. The summed E-state index contributed by atoms with van der Waals surface area (Å²) in [7, 11) is 0. The van der Waals surface area contributed by atoms with E-state index in [1.54, 1.807) is 0 Å². The third-order valence-corrected chi connectivity index (χ3v) is 2.46. The average Bonchev–Trinajstić information content (AvgIpc) is 2.35. The van der Waals surface area contributed by atoms with Crippen LogP contribution >= 0.6 is 12.2 Å². The number of nitrogens with one attached hydrogen (secondary N) is 1. The molecule has 0 aromatic heterocycles. The summed E-state index contributed by atoms with van der Waals surface area (Å²) in [6.07, 6.45) is 4.81. The lowest BCUT2D eigenvalue weighted by Gasteiger charge is -2.10. The first-order valence-corrected chi connectivity index (χ1v) is 4.42. The third-order valence-electron chi connectivity index (χ3n) is 2.03. The second-order valence-corrected chi connectivity index (χ2v) is 3.47. The van der Waals surface area contributed by atoms with Gasteiger partial charge in [0.2, 0.25) is 5.91 Å². The van der Waals surface area contributed by atoms with Crippen molar-refractivity contribution >= 4 is 23.1 Å². The Hall–Kier alpha value is -0.440. The number of thiocarbonyl (C=S) groups is 1. The van der Waals surface area contributed by atoms with Gasteiger partial charge in [-0.05, 0) is 12.8 Å². The van der Waals surface area contributed by atoms with Crippen molar-refractivity contribution in [2.24, 2.45) is 5.92 Å². The van der Waals surface area contributed by atoms with Crippen LogP contribution in [0.3, 0.4) is 0 Å². The second kappa shape index (κ2) is 3.81. The predicted molar refractivity (Wildman–Crippen MR) is 48.4 cm³/mol. The summed E-state index contributed by atoms with van der Waals surface area (Å²) >= 11 is 5.06. The molecule has 1 N–H and O–H groups in total. The fourth-order valence-electron chi connectivity index (χ4n) is 1.46. The Balaban J connectivity index is 2.34. The van der Waals surface area contributed by atoms with E-state index in [1.807, 2.05) is 0 Å². The fourth-order valence-corrected chi connectivity index (χ4v) is 1.84. The topological polar surface area (TPSA) is 29.1 Å². The van der Waals surface area contributed by atoms with Crippen LogP contribution in [0.2, 0.25) is 0 Å². The highest BCUT2D eigenvalue weighted by atomic mass is 32.1. The molecule has 0 unspecified atom stereocenters. The van der Waals surface area contributed by atoms with E-state index in [4.69, 9.17) is 12.2 Å². The van der Waals surface area contributed by atoms with Crippen molar-refractivity contribution in [3.8, 4) is 0 Å². The molecule has 0 saturated heterocycles. The highest BCUT2D eigenvalue weighted by Gasteiger charge is 2.19. The Kier molecular flexibility index (Phi) is 3.00. The van der Waals surface area contributed by atoms with Crippen molar-refractivity contribution in [2.45, 2.75) is 32.6 Å². The highest BCUT2D eigenvalue weighted by molar-refractivity contribution is 7.80. The van der Waals surface area contributed by atoms with Crippen LogP contribution in [-0.4, -0.2) is 10.9 Å². The van der Waals surface area contributed by atoms with Gasteiger partial charge in [0.15, 0.2) is 0 Å². The van der Waals surface area contributed by atoms with Gasteiger partial charge < -0.3 is 5.32 Å². The quantitative estimate of drug-likeness (QED) is 0.608. The molecule has 0 spiro atoms. The van der Waals surface area contributed by atoms with Crippen LogP contribution in [0.25, 0.3) is 0 Å². The third kappa shape index (κ3) is 2.58. The summed E-state index contributed by atoms with van der Waals surface area (Å²) in [5.41, 5.74) is 0. The summed E-state index contributed by atoms with van der Waals surface area (Å²) in [6.45, 7) is 1.50. The minimum atomic E-state index is -0.0399. The molecule has 1 aliphatic rings. The second-order valence-electron chi connectivity index (χ2n) is 3.03. The SMILES string of the molecule is CC(=O)NC(=S)C1CCCC1. The van der Waals surface area contributed by atoms with Crippen molar-refractivity contribution in [3.63, 3.8) is 0 Å². The van der Waals surface area contributed by atoms with Gasteiger partial charge in [0.05, 0.1) is 4.99 Å². The van der Waals surface area contributed by atoms with Crippen LogP contribution in [0, 0.1) is 5.92 Å². The van der Waals surface area contributed by atoms with Crippen LogP contribution in [0.4, 0.5) is 0 Å². The molecule has 1 fully saturated rings. The van der Waals surface area contributed by atoms with E-state index < -0.39 is 0 Å². The first-order chi connectivity index (χ1) is 5.20. The van der Waals surface area contributed by atoms with Crippen LogP contribution in [0.5, 0.6) is 0 Å². The molecule has 3 heteroatoms. The lowest BCUT2D eigenvalue weighted by atomic mass is 10.1. The Morgan fingerprint density at radius 3 is 2.45 bits per heavy atom. The molecule has 1 rings (SSSR count). The van der Waals surface area contributed by atoms with E-state index in [9.17, 15) is 4.79 Å². The molecule has 62 valence electrons. The van der Waals surface area contributed by atoms with E-state index in [-0.39, 0.29) is 5.91 Å². The molecular weight excluding hydrogens is 158 g/mol. The summed E-state index contributed by atoms with van der Waals surface area (Å²) in [5.74, 6) is 0.427. The van der Waals surface area contributed by atoms with Crippen molar-refractivity contribution in [1.29, 1.82) is 0 Å². The number of hydrogen-bond donors (Lipinski definition) is 1. The van der Waals surface area contributed by atoms with Gasteiger partial charge in [-0.15, -0.1) is 0 Å². The Morgan fingerprint density at radius 2 is 2.00 bits per heavy atom. The fraction of sp³-hybridized carbons (Fsp3) is 0.750. The van der Waals surface area contributed by atoms with Crippen molar-refractivity contribution in [1.82, 2.24) is 5.32 Å². The zero-order valence-electron chi connectivity index (χ0n) is 6.72. The number of amides is 1. The van der Waals surface area contributed by atoms with E-state index in [0.717, 1.165) is 17.8 Å². The lowest BCUT2D eigenvalue weighted by molar-refractivity contribution is -0.117. The van der Waals surface area contributed by atoms with Gasteiger partial charge in [-0.2, -0.15) is 0 Å². The zero-order chi connectivity index (χ0) is 8.27. The minimum Gasteiger partial charge on any atom is -0.321 e. The van der Waals surface area contributed by atoms with Crippen LogP contribution < -0.4 is 5.32 Å². The monoisotopic (exact) mass is 171 g/mol.